The minimum Gasteiger partial charge on any atom is -0.393 e. The van der Waals surface area contributed by atoms with Crippen LogP contribution < -0.4 is 0 Å². The molecular weight excluding hydrogens is 220 g/mol. The van der Waals surface area contributed by atoms with E-state index in [9.17, 15) is 5.11 Å². The number of hydrogen-bond acceptors (Lipinski definition) is 1. The van der Waals surface area contributed by atoms with Crippen molar-refractivity contribution in [2.24, 2.45) is 0 Å². The maximum atomic E-state index is 9.85. The van der Waals surface area contributed by atoms with Crippen LogP contribution in [0.1, 0.15) is 28.7 Å². The highest BCUT2D eigenvalue weighted by Gasteiger charge is 2.18. The van der Waals surface area contributed by atoms with Gasteiger partial charge in [-0.25, -0.2) is 0 Å². The fourth-order valence-electron chi connectivity index (χ4n) is 2.83. The Labute approximate surface area is 108 Å². The van der Waals surface area contributed by atoms with Crippen LogP contribution in [0.4, 0.5) is 0 Å². The van der Waals surface area contributed by atoms with Gasteiger partial charge in [-0.2, -0.15) is 0 Å². The highest BCUT2D eigenvalue weighted by Crippen LogP contribution is 2.26. The van der Waals surface area contributed by atoms with Crippen LogP contribution >= 0.6 is 0 Å². The zero-order valence-corrected chi connectivity index (χ0v) is 10.5. The third kappa shape index (κ3) is 2.32. The standard InChI is InChI=1S/C17H18O/c18-16-10-9-14-7-4-8-15(17(14)12-16)11-13-5-2-1-3-6-13/h1-8,16,18H,9-12H2. The molecule has 3 rings (SSSR count). The minimum absolute atomic E-state index is 0.158. The quantitative estimate of drug-likeness (QED) is 0.852. The Morgan fingerprint density at radius 3 is 2.67 bits per heavy atom. The van der Waals surface area contributed by atoms with Crippen LogP contribution in [0.15, 0.2) is 48.5 Å². The van der Waals surface area contributed by atoms with Gasteiger partial charge in [0.25, 0.3) is 0 Å². The van der Waals surface area contributed by atoms with E-state index < -0.39 is 0 Å². The first-order chi connectivity index (χ1) is 8.83. The molecule has 1 aliphatic carbocycles. The van der Waals surface area contributed by atoms with E-state index in [0.29, 0.717) is 0 Å². The molecule has 0 bridgehead atoms. The zero-order valence-electron chi connectivity index (χ0n) is 10.5. The Morgan fingerprint density at radius 1 is 1.00 bits per heavy atom. The third-order valence-electron chi connectivity index (χ3n) is 3.79. The van der Waals surface area contributed by atoms with Crippen molar-refractivity contribution in [2.75, 3.05) is 0 Å². The second kappa shape index (κ2) is 4.95. The van der Waals surface area contributed by atoms with E-state index >= 15 is 0 Å². The normalized spacial score (nSPS) is 18.4. The predicted molar refractivity (Wildman–Crippen MR) is 73.7 cm³/mol. The molecule has 0 aliphatic heterocycles. The van der Waals surface area contributed by atoms with Crippen LogP contribution in [0, 0.1) is 0 Å². The first kappa shape index (κ1) is 11.5. The number of aryl methyl sites for hydroxylation is 1. The van der Waals surface area contributed by atoms with Gasteiger partial charge in [0.15, 0.2) is 0 Å². The van der Waals surface area contributed by atoms with Gasteiger partial charge in [-0.1, -0.05) is 48.5 Å². The summed E-state index contributed by atoms with van der Waals surface area (Å²) < 4.78 is 0. The third-order valence-corrected chi connectivity index (χ3v) is 3.79. The zero-order chi connectivity index (χ0) is 12.4. The number of fused-ring (bicyclic) bond motifs is 1. The molecule has 1 aliphatic rings. The van der Waals surface area contributed by atoms with Crippen molar-refractivity contribution in [3.05, 3.63) is 70.8 Å². The van der Waals surface area contributed by atoms with E-state index in [-0.39, 0.29) is 6.10 Å². The summed E-state index contributed by atoms with van der Waals surface area (Å²) in [5.41, 5.74) is 5.51. The summed E-state index contributed by atoms with van der Waals surface area (Å²) in [6, 6.07) is 17.1. The van der Waals surface area contributed by atoms with Crippen LogP contribution in [0.3, 0.4) is 0 Å². The molecule has 0 heterocycles. The molecule has 2 aromatic carbocycles. The van der Waals surface area contributed by atoms with Gasteiger partial charge in [-0.3, -0.25) is 0 Å². The molecule has 2 aromatic rings. The molecule has 0 amide bonds. The summed E-state index contributed by atoms with van der Waals surface area (Å²) in [6.07, 6.45) is 3.55. The SMILES string of the molecule is OC1CCc2cccc(Cc3ccccc3)c2C1. The molecular formula is C17H18O. The van der Waals surface area contributed by atoms with Crippen molar-refractivity contribution < 1.29 is 5.11 Å². The van der Waals surface area contributed by atoms with Gasteiger partial charge in [0.2, 0.25) is 0 Å². The van der Waals surface area contributed by atoms with Gasteiger partial charge in [0, 0.05) is 0 Å². The van der Waals surface area contributed by atoms with Gasteiger partial charge in [0.05, 0.1) is 6.10 Å². The highest BCUT2D eigenvalue weighted by atomic mass is 16.3. The van der Waals surface area contributed by atoms with E-state index in [1.807, 2.05) is 6.07 Å². The van der Waals surface area contributed by atoms with Crippen LogP contribution in [0.5, 0.6) is 0 Å². The predicted octanol–water partition coefficient (Wildman–Crippen LogP) is 3.13. The summed E-state index contributed by atoms with van der Waals surface area (Å²) in [6.45, 7) is 0. The van der Waals surface area contributed by atoms with Crippen LogP contribution in [-0.4, -0.2) is 11.2 Å². The first-order valence-corrected chi connectivity index (χ1v) is 6.64. The van der Waals surface area contributed by atoms with Crippen molar-refractivity contribution in [1.29, 1.82) is 0 Å². The molecule has 1 atom stereocenters. The average molecular weight is 238 g/mol. The lowest BCUT2D eigenvalue weighted by atomic mass is 9.85. The van der Waals surface area contributed by atoms with E-state index in [4.69, 9.17) is 0 Å². The molecule has 0 fully saturated rings. The van der Waals surface area contributed by atoms with E-state index in [1.165, 1.54) is 22.3 Å². The van der Waals surface area contributed by atoms with Gasteiger partial charge >= 0.3 is 0 Å². The Morgan fingerprint density at radius 2 is 1.83 bits per heavy atom. The monoisotopic (exact) mass is 238 g/mol. The van der Waals surface area contributed by atoms with Crippen LogP contribution in [-0.2, 0) is 19.3 Å². The average Bonchev–Trinajstić information content (AvgIpc) is 2.41. The minimum atomic E-state index is -0.158. The second-order valence-electron chi connectivity index (χ2n) is 5.11. The number of benzene rings is 2. The molecule has 0 saturated carbocycles. The second-order valence-corrected chi connectivity index (χ2v) is 5.11. The summed E-state index contributed by atoms with van der Waals surface area (Å²) >= 11 is 0. The summed E-state index contributed by atoms with van der Waals surface area (Å²) in [5, 5.41) is 9.85. The lowest BCUT2D eigenvalue weighted by molar-refractivity contribution is 0.158. The molecule has 92 valence electrons. The van der Waals surface area contributed by atoms with Crippen molar-refractivity contribution in [2.45, 2.75) is 31.8 Å². The fourth-order valence-corrected chi connectivity index (χ4v) is 2.83. The molecule has 0 radical (unpaired) electrons. The van der Waals surface area contributed by atoms with E-state index in [1.54, 1.807) is 0 Å². The lowest BCUT2D eigenvalue weighted by Gasteiger charge is -2.23. The highest BCUT2D eigenvalue weighted by molar-refractivity contribution is 5.40. The Balaban J connectivity index is 1.93. The molecule has 1 N–H and O–H groups in total. The van der Waals surface area contributed by atoms with Gasteiger partial charge in [-0.05, 0) is 47.9 Å². The van der Waals surface area contributed by atoms with Gasteiger partial charge in [0.1, 0.15) is 0 Å². The van der Waals surface area contributed by atoms with E-state index in [0.717, 1.165) is 25.7 Å². The molecule has 18 heavy (non-hydrogen) atoms. The number of hydrogen-bond donors (Lipinski definition) is 1. The molecule has 0 saturated heterocycles. The Bertz CT molecular complexity index is 531. The van der Waals surface area contributed by atoms with E-state index in [2.05, 4.69) is 42.5 Å². The number of rotatable bonds is 2. The topological polar surface area (TPSA) is 20.2 Å². The van der Waals surface area contributed by atoms with Crippen LogP contribution in [0.25, 0.3) is 0 Å². The van der Waals surface area contributed by atoms with Crippen molar-refractivity contribution in [3.63, 3.8) is 0 Å². The fraction of sp³-hybridized carbons (Fsp3) is 0.294. The van der Waals surface area contributed by atoms with Crippen molar-refractivity contribution in [3.8, 4) is 0 Å². The lowest BCUT2D eigenvalue weighted by Crippen LogP contribution is -2.20. The largest absolute Gasteiger partial charge is 0.393 e. The number of aliphatic hydroxyl groups is 1. The van der Waals surface area contributed by atoms with Crippen molar-refractivity contribution >= 4 is 0 Å². The smallest absolute Gasteiger partial charge is 0.0583 e. The van der Waals surface area contributed by atoms with Gasteiger partial charge in [-0.15, -0.1) is 0 Å². The maximum absolute atomic E-state index is 9.85. The number of aliphatic hydroxyl groups excluding tert-OH is 1. The summed E-state index contributed by atoms with van der Waals surface area (Å²) in [4.78, 5) is 0. The molecule has 1 nitrogen and oxygen atoms in total. The van der Waals surface area contributed by atoms with Crippen LogP contribution in [0.2, 0.25) is 0 Å². The van der Waals surface area contributed by atoms with Gasteiger partial charge < -0.3 is 5.11 Å². The van der Waals surface area contributed by atoms with Crippen molar-refractivity contribution in [1.82, 2.24) is 0 Å². The molecule has 1 heteroatoms. The summed E-state index contributed by atoms with van der Waals surface area (Å²) in [7, 11) is 0. The first-order valence-electron chi connectivity index (χ1n) is 6.64. The Hall–Kier alpha value is -1.60. The Kier molecular flexibility index (Phi) is 3.16. The molecule has 0 spiro atoms. The summed E-state index contributed by atoms with van der Waals surface area (Å²) in [5.74, 6) is 0. The molecule has 0 aromatic heterocycles. The maximum Gasteiger partial charge on any atom is 0.0583 e. The molecule has 1 unspecified atom stereocenters.